The molecule has 1 aliphatic heterocycles. The number of amides is 1. The average Bonchev–Trinajstić information content (AvgIpc) is 2.14. The van der Waals surface area contributed by atoms with Crippen LogP contribution in [0.5, 0.6) is 0 Å². The van der Waals surface area contributed by atoms with Gasteiger partial charge < -0.3 is 4.90 Å². The quantitative estimate of drug-likeness (QED) is 0.605. The number of piperidine rings is 1. The van der Waals surface area contributed by atoms with Gasteiger partial charge in [-0.3, -0.25) is 4.79 Å². The smallest absolute Gasteiger partial charge is 0.219 e. The molecule has 2 heteroatoms. The van der Waals surface area contributed by atoms with Crippen molar-refractivity contribution in [1.82, 2.24) is 4.90 Å². The molecular formula is C13H21NO. The van der Waals surface area contributed by atoms with E-state index in [0.717, 1.165) is 19.4 Å². The molecule has 0 N–H and O–H groups in total. The molecule has 0 aromatic rings. The summed E-state index contributed by atoms with van der Waals surface area (Å²) in [6, 6.07) is 0. The SMILES string of the molecule is C=C(C)[C@@H]1CCN(C(C)=O)C2(CCC2)C1. The fraction of sp³-hybridized carbons (Fsp3) is 0.769. The van der Waals surface area contributed by atoms with Crippen molar-refractivity contribution >= 4 is 5.91 Å². The van der Waals surface area contributed by atoms with Crippen molar-refractivity contribution in [1.29, 1.82) is 0 Å². The van der Waals surface area contributed by atoms with Crippen LogP contribution in [0.25, 0.3) is 0 Å². The van der Waals surface area contributed by atoms with Gasteiger partial charge in [-0.05, 0) is 44.9 Å². The Kier molecular flexibility index (Phi) is 2.61. The van der Waals surface area contributed by atoms with Crippen LogP contribution in [0.1, 0.15) is 46.0 Å². The van der Waals surface area contributed by atoms with Crippen LogP contribution in [0.4, 0.5) is 0 Å². The van der Waals surface area contributed by atoms with E-state index in [4.69, 9.17) is 0 Å². The van der Waals surface area contributed by atoms with E-state index in [1.165, 1.54) is 24.8 Å². The lowest BCUT2D eigenvalue weighted by atomic mass is 9.66. The minimum atomic E-state index is 0.216. The summed E-state index contributed by atoms with van der Waals surface area (Å²) in [4.78, 5) is 13.7. The molecule has 1 saturated carbocycles. The standard InChI is InChI=1S/C13H21NO/c1-10(2)12-5-8-14(11(3)15)13(9-12)6-4-7-13/h12H,1,4-9H2,2-3H3/t12-/m1/s1. The zero-order chi connectivity index (χ0) is 11.1. The monoisotopic (exact) mass is 207 g/mol. The van der Waals surface area contributed by atoms with Gasteiger partial charge in [0.25, 0.3) is 0 Å². The second-order valence-corrected chi connectivity index (χ2v) is 5.28. The summed E-state index contributed by atoms with van der Waals surface area (Å²) in [5.41, 5.74) is 1.51. The molecular weight excluding hydrogens is 186 g/mol. The molecule has 1 atom stereocenters. The van der Waals surface area contributed by atoms with Crippen LogP contribution in [0.3, 0.4) is 0 Å². The number of hydrogen-bond acceptors (Lipinski definition) is 1. The Morgan fingerprint density at radius 2 is 2.07 bits per heavy atom. The first-order valence-corrected chi connectivity index (χ1v) is 5.99. The van der Waals surface area contributed by atoms with Crippen LogP contribution >= 0.6 is 0 Å². The summed E-state index contributed by atoms with van der Waals surface area (Å²) in [7, 11) is 0. The van der Waals surface area contributed by atoms with Crippen LogP contribution in [0, 0.1) is 5.92 Å². The molecule has 0 radical (unpaired) electrons. The number of carbonyl (C=O) groups is 1. The lowest BCUT2D eigenvalue weighted by Gasteiger charge is -2.55. The third kappa shape index (κ3) is 1.70. The normalized spacial score (nSPS) is 28.7. The molecule has 0 unspecified atom stereocenters. The molecule has 1 amide bonds. The molecule has 0 aromatic heterocycles. The third-order valence-corrected chi connectivity index (χ3v) is 4.26. The Hall–Kier alpha value is -0.790. The van der Waals surface area contributed by atoms with Crippen molar-refractivity contribution in [2.24, 2.45) is 5.92 Å². The van der Waals surface area contributed by atoms with Gasteiger partial charge in [0.15, 0.2) is 0 Å². The van der Waals surface area contributed by atoms with Gasteiger partial charge in [0.2, 0.25) is 5.91 Å². The zero-order valence-corrected chi connectivity index (χ0v) is 9.88. The van der Waals surface area contributed by atoms with Gasteiger partial charge in [-0.25, -0.2) is 0 Å². The molecule has 84 valence electrons. The minimum absolute atomic E-state index is 0.216. The van der Waals surface area contributed by atoms with E-state index in [9.17, 15) is 4.79 Å². The van der Waals surface area contributed by atoms with Crippen LogP contribution in [0.15, 0.2) is 12.2 Å². The van der Waals surface area contributed by atoms with Crippen molar-refractivity contribution in [2.75, 3.05) is 6.54 Å². The second kappa shape index (κ2) is 3.66. The highest BCUT2D eigenvalue weighted by atomic mass is 16.2. The van der Waals surface area contributed by atoms with E-state index in [1.54, 1.807) is 6.92 Å². The summed E-state index contributed by atoms with van der Waals surface area (Å²) < 4.78 is 0. The predicted octanol–water partition coefficient (Wildman–Crippen LogP) is 2.74. The maximum absolute atomic E-state index is 11.6. The first kappa shape index (κ1) is 10.7. The molecule has 2 nitrogen and oxygen atoms in total. The highest BCUT2D eigenvalue weighted by molar-refractivity contribution is 5.74. The molecule has 2 aliphatic rings. The zero-order valence-electron chi connectivity index (χ0n) is 9.88. The van der Waals surface area contributed by atoms with E-state index in [0.29, 0.717) is 5.92 Å². The topological polar surface area (TPSA) is 20.3 Å². The highest BCUT2D eigenvalue weighted by Gasteiger charge is 2.47. The van der Waals surface area contributed by atoms with Crippen LogP contribution in [-0.2, 0) is 4.79 Å². The van der Waals surface area contributed by atoms with Crippen LogP contribution < -0.4 is 0 Å². The minimum Gasteiger partial charge on any atom is -0.337 e. The number of allylic oxidation sites excluding steroid dienone is 1. The summed E-state index contributed by atoms with van der Waals surface area (Å²) in [5.74, 6) is 0.899. The predicted molar refractivity (Wildman–Crippen MR) is 61.5 cm³/mol. The number of nitrogens with zero attached hydrogens (tertiary/aromatic N) is 1. The highest BCUT2D eigenvalue weighted by Crippen LogP contribution is 2.47. The van der Waals surface area contributed by atoms with Gasteiger partial charge in [-0.2, -0.15) is 0 Å². The van der Waals surface area contributed by atoms with Crippen LogP contribution in [-0.4, -0.2) is 22.9 Å². The van der Waals surface area contributed by atoms with Crippen molar-refractivity contribution in [3.05, 3.63) is 12.2 Å². The van der Waals surface area contributed by atoms with E-state index in [-0.39, 0.29) is 11.4 Å². The fourth-order valence-electron chi connectivity index (χ4n) is 3.16. The fourth-order valence-corrected chi connectivity index (χ4v) is 3.16. The summed E-state index contributed by atoms with van der Waals surface area (Å²) in [6.45, 7) is 8.84. The number of hydrogen-bond donors (Lipinski definition) is 0. The Labute approximate surface area is 92.3 Å². The van der Waals surface area contributed by atoms with E-state index in [2.05, 4.69) is 18.4 Å². The number of likely N-dealkylation sites (tertiary alicyclic amines) is 1. The maximum atomic E-state index is 11.6. The van der Waals surface area contributed by atoms with Gasteiger partial charge in [0.1, 0.15) is 0 Å². The molecule has 0 bridgehead atoms. The van der Waals surface area contributed by atoms with E-state index >= 15 is 0 Å². The van der Waals surface area contributed by atoms with Gasteiger partial charge in [-0.1, -0.05) is 12.2 Å². The summed E-state index contributed by atoms with van der Waals surface area (Å²) >= 11 is 0. The van der Waals surface area contributed by atoms with Gasteiger partial charge in [-0.15, -0.1) is 0 Å². The largest absolute Gasteiger partial charge is 0.337 e. The summed E-state index contributed by atoms with van der Waals surface area (Å²) in [5, 5.41) is 0. The van der Waals surface area contributed by atoms with E-state index in [1.807, 2.05) is 0 Å². The van der Waals surface area contributed by atoms with E-state index < -0.39 is 0 Å². The Morgan fingerprint density at radius 1 is 1.40 bits per heavy atom. The molecule has 1 aliphatic carbocycles. The Bertz CT molecular complexity index is 291. The van der Waals surface area contributed by atoms with Crippen molar-refractivity contribution in [3.63, 3.8) is 0 Å². The lowest BCUT2D eigenvalue weighted by molar-refractivity contribution is -0.144. The number of rotatable bonds is 1. The first-order valence-electron chi connectivity index (χ1n) is 5.99. The second-order valence-electron chi connectivity index (χ2n) is 5.28. The molecule has 1 spiro atoms. The van der Waals surface area contributed by atoms with Gasteiger partial charge >= 0.3 is 0 Å². The Balaban J connectivity index is 2.13. The lowest BCUT2D eigenvalue weighted by Crippen LogP contribution is -2.59. The molecule has 1 heterocycles. The average molecular weight is 207 g/mol. The first-order chi connectivity index (χ1) is 7.05. The Morgan fingerprint density at radius 3 is 2.47 bits per heavy atom. The third-order valence-electron chi connectivity index (χ3n) is 4.26. The van der Waals surface area contributed by atoms with Gasteiger partial charge in [0.05, 0.1) is 0 Å². The molecule has 2 rings (SSSR count). The van der Waals surface area contributed by atoms with Crippen molar-refractivity contribution in [2.45, 2.75) is 51.5 Å². The molecule has 2 fully saturated rings. The molecule has 15 heavy (non-hydrogen) atoms. The van der Waals surface area contributed by atoms with Crippen LogP contribution in [0.2, 0.25) is 0 Å². The molecule has 0 aromatic carbocycles. The maximum Gasteiger partial charge on any atom is 0.219 e. The van der Waals surface area contributed by atoms with Crippen molar-refractivity contribution in [3.8, 4) is 0 Å². The molecule has 1 saturated heterocycles. The van der Waals surface area contributed by atoms with Gasteiger partial charge in [0, 0.05) is 19.0 Å². The number of carbonyl (C=O) groups excluding carboxylic acids is 1. The van der Waals surface area contributed by atoms with Crippen molar-refractivity contribution < 1.29 is 4.79 Å². The summed E-state index contributed by atoms with van der Waals surface area (Å²) in [6.07, 6.45) is 5.96.